The van der Waals surface area contributed by atoms with Crippen molar-refractivity contribution in [2.24, 2.45) is 5.73 Å². The maximum atomic E-state index is 7.19. The molecule has 0 saturated heterocycles. The Kier molecular flexibility index (Phi) is 2.52. The van der Waals surface area contributed by atoms with Crippen LogP contribution in [0, 0.1) is 5.41 Å². The summed E-state index contributed by atoms with van der Waals surface area (Å²) in [5.74, 6) is 0.205. The van der Waals surface area contributed by atoms with E-state index in [1.54, 1.807) is 0 Å². The maximum Gasteiger partial charge on any atom is 0.0951 e. The third kappa shape index (κ3) is 1.95. The van der Waals surface area contributed by atoms with Gasteiger partial charge in [-0.2, -0.15) is 5.10 Å². The molecule has 1 fully saturated rings. The molecule has 1 aliphatic carbocycles. The Morgan fingerprint density at radius 2 is 2.29 bits per heavy atom. The van der Waals surface area contributed by atoms with Crippen molar-refractivity contribution >= 4 is 5.84 Å². The zero-order valence-corrected chi connectivity index (χ0v) is 8.24. The van der Waals surface area contributed by atoms with Crippen molar-refractivity contribution in [2.75, 3.05) is 0 Å². The topological polar surface area (TPSA) is 67.7 Å². The lowest BCUT2D eigenvalue weighted by Gasteiger charge is -2.08. The summed E-state index contributed by atoms with van der Waals surface area (Å²) in [6, 6.07) is 0.579. The first-order valence-electron chi connectivity index (χ1n) is 5.11. The predicted octanol–water partition coefficient (Wildman–Crippen LogP) is 1.48. The summed E-state index contributed by atoms with van der Waals surface area (Å²) in [5, 5.41) is 11.5. The lowest BCUT2D eigenvalue weighted by atomic mass is 10.2. The first kappa shape index (κ1) is 9.24. The molecular weight excluding hydrogens is 176 g/mol. The Morgan fingerprint density at radius 3 is 2.93 bits per heavy atom. The normalized spacial score (nSPS) is 17.4. The second kappa shape index (κ2) is 3.82. The van der Waals surface area contributed by atoms with Gasteiger partial charge in [0, 0.05) is 12.6 Å². The molecule has 1 aromatic rings. The van der Waals surface area contributed by atoms with Crippen LogP contribution in [-0.2, 0) is 6.42 Å². The maximum absolute atomic E-state index is 7.19. The number of hydrogen-bond donors (Lipinski definition) is 2. The molecule has 1 saturated carbocycles. The van der Waals surface area contributed by atoms with E-state index in [-0.39, 0.29) is 5.84 Å². The van der Waals surface area contributed by atoms with Crippen LogP contribution in [0.5, 0.6) is 0 Å². The molecule has 0 bridgehead atoms. The van der Waals surface area contributed by atoms with Crippen LogP contribution >= 0.6 is 0 Å². The Morgan fingerprint density at radius 1 is 1.57 bits per heavy atom. The van der Waals surface area contributed by atoms with Gasteiger partial charge in [-0.15, -0.1) is 0 Å². The number of nitrogens with zero attached hydrogens (tertiary/aromatic N) is 2. The largest absolute Gasteiger partial charge is 0.387 e. The molecular formula is C10H16N4. The van der Waals surface area contributed by atoms with Crippen molar-refractivity contribution in [2.45, 2.75) is 38.1 Å². The van der Waals surface area contributed by atoms with Gasteiger partial charge < -0.3 is 5.73 Å². The van der Waals surface area contributed by atoms with Crippen molar-refractivity contribution in [3.8, 4) is 0 Å². The van der Waals surface area contributed by atoms with E-state index >= 15 is 0 Å². The van der Waals surface area contributed by atoms with E-state index in [1.807, 2.05) is 17.1 Å². The molecule has 1 aliphatic rings. The highest BCUT2D eigenvalue weighted by atomic mass is 15.3. The smallest absolute Gasteiger partial charge is 0.0951 e. The van der Waals surface area contributed by atoms with Gasteiger partial charge in [0.05, 0.1) is 18.1 Å². The fourth-order valence-corrected chi connectivity index (χ4v) is 2.06. The number of nitrogens with two attached hydrogens (primary N) is 1. The van der Waals surface area contributed by atoms with E-state index in [0.29, 0.717) is 12.5 Å². The average molecular weight is 192 g/mol. The summed E-state index contributed by atoms with van der Waals surface area (Å²) in [5.41, 5.74) is 6.38. The predicted molar refractivity (Wildman–Crippen MR) is 55.4 cm³/mol. The molecule has 4 heteroatoms. The van der Waals surface area contributed by atoms with Gasteiger partial charge in [0.25, 0.3) is 0 Å². The third-order valence-electron chi connectivity index (χ3n) is 2.75. The first-order chi connectivity index (χ1) is 6.75. The van der Waals surface area contributed by atoms with Gasteiger partial charge in [-0.05, 0) is 18.4 Å². The summed E-state index contributed by atoms with van der Waals surface area (Å²) in [6.07, 6.45) is 9.46. The molecule has 1 aromatic heterocycles. The molecule has 0 atom stereocenters. The molecule has 0 spiro atoms. The average Bonchev–Trinajstić information content (AvgIpc) is 2.69. The monoisotopic (exact) mass is 192 g/mol. The minimum absolute atomic E-state index is 0.205. The van der Waals surface area contributed by atoms with E-state index in [0.717, 1.165) is 5.56 Å². The van der Waals surface area contributed by atoms with Gasteiger partial charge in [0.2, 0.25) is 0 Å². The molecule has 3 N–H and O–H groups in total. The van der Waals surface area contributed by atoms with Crippen molar-refractivity contribution in [3.05, 3.63) is 18.0 Å². The van der Waals surface area contributed by atoms with Crippen LogP contribution in [0.1, 0.15) is 37.3 Å². The van der Waals surface area contributed by atoms with Gasteiger partial charge in [-0.25, -0.2) is 0 Å². The van der Waals surface area contributed by atoms with Crippen molar-refractivity contribution in [3.63, 3.8) is 0 Å². The molecule has 4 nitrogen and oxygen atoms in total. The summed E-state index contributed by atoms with van der Waals surface area (Å²) >= 11 is 0. The van der Waals surface area contributed by atoms with Crippen LogP contribution in [0.4, 0.5) is 0 Å². The Balaban J connectivity index is 2.05. The minimum Gasteiger partial charge on any atom is -0.387 e. The molecule has 1 heterocycles. The minimum atomic E-state index is 0.205. The van der Waals surface area contributed by atoms with E-state index in [1.165, 1.54) is 25.7 Å². The van der Waals surface area contributed by atoms with Gasteiger partial charge >= 0.3 is 0 Å². The highest BCUT2D eigenvalue weighted by Gasteiger charge is 2.17. The van der Waals surface area contributed by atoms with Crippen molar-refractivity contribution < 1.29 is 0 Å². The molecule has 0 aliphatic heterocycles. The lowest BCUT2D eigenvalue weighted by molar-refractivity contribution is 0.466. The fourth-order valence-electron chi connectivity index (χ4n) is 2.06. The van der Waals surface area contributed by atoms with Crippen molar-refractivity contribution in [1.82, 2.24) is 9.78 Å². The molecule has 0 amide bonds. The van der Waals surface area contributed by atoms with E-state index in [2.05, 4.69) is 5.10 Å². The lowest BCUT2D eigenvalue weighted by Crippen LogP contribution is -2.12. The van der Waals surface area contributed by atoms with Gasteiger partial charge in [0.15, 0.2) is 0 Å². The highest BCUT2D eigenvalue weighted by Crippen LogP contribution is 2.28. The number of nitrogens with one attached hydrogen (secondary N) is 1. The quantitative estimate of drug-likeness (QED) is 0.562. The Hall–Kier alpha value is -1.32. The van der Waals surface area contributed by atoms with Gasteiger partial charge in [0.1, 0.15) is 0 Å². The Bertz CT molecular complexity index is 323. The van der Waals surface area contributed by atoms with E-state index < -0.39 is 0 Å². The fraction of sp³-hybridized carbons (Fsp3) is 0.600. The molecule has 0 unspecified atom stereocenters. The van der Waals surface area contributed by atoms with Gasteiger partial charge in [-0.1, -0.05) is 12.8 Å². The van der Waals surface area contributed by atoms with Crippen molar-refractivity contribution in [1.29, 1.82) is 5.41 Å². The first-order valence-corrected chi connectivity index (χ1v) is 5.11. The van der Waals surface area contributed by atoms with E-state index in [4.69, 9.17) is 11.1 Å². The van der Waals surface area contributed by atoms with Crippen LogP contribution in [0.15, 0.2) is 12.4 Å². The number of hydrogen-bond acceptors (Lipinski definition) is 2. The molecule has 0 aromatic carbocycles. The summed E-state index contributed by atoms with van der Waals surface area (Å²) in [7, 11) is 0. The molecule has 76 valence electrons. The molecule has 14 heavy (non-hydrogen) atoms. The van der Waals surface area contributed by atoms with Crippen LogP contribution in [0.2, 0.25) is 0 Å². The van der Waals surface area contributed by atoms with Gasteiger partial charge in [-0.3, -0.25) is 10.1 Å². The Labute approximate surface area is 83.6 Å². The summed E-state index contributed by atoms with van der Waals surface area (Å²) in [6.45, 7) is 0. The van der Waals surface area contributed by atoms with Crippen LogP contribution in [-0.4, -0.2) is 15.6 Å². The molecule has 0 radical (unpaired) electrons. The number of rotatable bonds is 3. The molecule has 2 rings (SSSR count). The second-order valence-corrected chi connectivity index (χ2v) is 3.97. The van der Waals surface area contributed by atoms with E-state index in [9.17, 15) is 0 Å². The SMILES string of the molecule is N=C(N)Cc1cnn(C2CCCC2)c1. The zero-order valence-electron chi connectivity index (χ0n) is 8.24. The standard InChI is InChI=1S/C10H16N4/c11-10(12)5-8-6-13-14(7-8)9-3-1-2-4-9/h6-7,9H,1-5H2,(H3,11,12). The summed E-state index contributed by atoms with van der Waals surface area (Å²) < 4.78 is 2.03. The van der Waals surface area contributed by atoms with Crippen LogP contribution in [0.25, 0.3) is 0 Å². The summed E-state index contributed by atoms with van der Waals surface area (Å²) in [4.78, 5) is 0. The number of aromatic nitrogens is 2. The number of amidine groups is 1. The highest BCUT2D eigenvalue weighted by molar-refractivity contribution is 5.79. The van der Waals surface area contributed by atoms with Crippen LogP contribution in [0.3, 0.4) is 0 Å². The second-order valence-electron chi connectivity index (χ2n) is 3.97. The van der Waals surface area contributed by atoms with Crippen LogP contribution < -0.4 is 5.73 Å². The third-order valence-corrected chi connectivity index (χ3v) is 2.75. The zero-order chi connectivity index (χ0) is 9.97.